The molecule has 0 saturated carbocycles. The minimum absolute atomic E-state index is 0.239. The molecule has 6 heteroatoms. The molecule has 2 heterocycles. The number of hydrogen-bond donors (Lipinski definition) is 1. The first-order chi connectivity index (χ1) is 6.97. The lowest BCUT2D eigenvalue weighted by Gasteiger charge is -2.10. The van der Waals surface area contributed by atoms with Gasteiger partial charge in [0, 0.05) is 11.5 Å². The van der Waals surface area contributed by atoms with E-state index < -0.39 is 3.79 Å². The highest BCUT2D eigenvalue weighted by Gasteiger charge is 2.24. The van der Waals surface area contributed by atoms with E-state index in [1.54, 1.807) is 18.2 Å². The molecule has 0 bridgehead atoms. The molecule has 0 atom stereocenters. The van der Waals surface area contributed by atoms with E-state index in [1.165, 1.54) is 6.07 Å². The van der Waals surface area contributed by atoms with Crippen molar-refractivity contribution in [1.82, 2.24) is 9.97 Å². The molecule has 0 aromatic carbocycles. The number of aromatic amines is 1. The minimum Gasteiger partial charge on any atom is -0.307 e. The lowest BCUT2D eigenvalue weighted by atomic mass is 10.2. The summed E-state index contributed by atoms with van der Waals surface area (Å²) >= 11 is 17.0. The molecule has 0 saturated heterocycles. The highest BCUT2D eigenvalue weighted by atomic mass is 35.6. The quantitative estimate of drug-likeness (QED) is 0.743. The largest absolute Gasteiger partial charge is 0.307 e. The molecule has 3 nitrogen and oxygen atoms in total. The summed E-state index contributed by atoms with van der Waals surface area (Å²) in [5.41, 5.74) is 0.449. The smallest absolute Gasteiger partial charge is 0.249 e. The van der Waals surface area contributed by atoms with Gasteiger partial charge >= 0.3 is 0 Å². The molecule has 0 fully saturated rings. The van der Waals surface area contributed by atoms with Crippen LogP contribution in [0.5, 0.6) is 0 Å². The maximum Gasteiger partial charge on any atom is 0.249 e. The van der Waals surface area contributed by atoms with Crippen LogP contribution < -0.4 is 5.56 Å². The molecule has 2 aromatic heterocycles. The zero-order valence-corrected chi connectivity index (χ0v) is 9.57. The van der Waals surface area contributed by atoms with Gasteiger partial charge in [0.05, 0.1) is 5.69 Å². The number of nitrogens with zero attached hydrogens (tertiary/aromatic N) is 1. The molecule has 0 amide bonds. The van der Waals surface area contributed by atoms with Gasteiger partial charge in [0.2, 0.25) is 9.35 Å². The van der Waals surface area contributed by atoms with Gasteiger partial charge in [0.15, 0.2) is 0 Å². The van der Waals surface area contributed by atoms with Gasteiger partial charge in [-0.15, -0.1) is 0 Å². The van der Waals surface area contributed by atoms with Gasteiger partial charge < -0.3 is 4.98 Å². The summed E-state index contributed by atoms with van der Waals surface area (Å²) in [7, 11) is 0. The van der Waals surface area contributed by atoms with E-state index in [0.29, 0.717) is 5.65 Å². The van der Waals surface area contributed by atoms with Crippen LogP contribution in [-0.4, -0.2) is 9.97 Å². The maximum atomic E-state index is 11.0. The fraction of sp³-hybridized carbons (Fsp3) is 0.111. The average molecular weight is 264 g/mol. The fourth-order valence-corrected chi connectivity index (χ4v) is 1.50. The monoisotopic (exact) mass is 262 g/mol. The number of nitrogens with one attached hydrogen (secondary N) is 1. The third-order valence-electron chi connectivity index (χ3n) is 1.87. The second-order valence-electron chi connectivity index (χ2n) is 2.95. The number of hydrogen-bond acceptors (Lipinski definition) is 2. The Bertz CT molecular complexity index is 559. The summed E-state index contributed by atoms with van der Waals surface area (Å²) in [5.74, 6) is 0. The van der Waals surface area contributed by atoms with Gasteiger partial charge in [-0.05, 0) is 18.2 Å². The van der Waals surface area contributed by atoms with Crippen molar-refractivity contribution >= 4 is 45.8 Å². The average Bonchev–Trinajstić information content (AvgIpc) is 2.15. The van der Waals surface area contributed by atoms with Gasteiger partial charge in [-0.3, -0.25) is 4.79 Å². The van der Waals surface area contributed by atoms with E-state index in [2.05, 4.69) is 9.97 Å². The zero-order valence-electron chi connectivity index (χ0n) is 7.30. The predicted molar refractivity (Wildman–Crippen MR) is 61.6 cm³/mol. The van der Waals surface area contributed by atoms with Crippen molar-refractivity contribution in [3.8, 4) is 0 Å². The maximum absolute atomic E-state index is 11.0. The highest BCUT2D eigenvalue weighted by molar-refractivity contribution is 6.66. The minimum atomic E-state index is -1.58. The Morgan fingerprint density at radius 2 is 1.80 bits per heavy atom. The summed E-state index contributed by atoms with van der Waals surface area (Å²) in [5, 5.41) is 0.785. The van der Waals surface area contributed by atoms with Crippen LogP contribution in [-0.2, 0) is 3.79 Å². The van der Waals surface area contributed by atoms with E-state index in [-0.39, 0.29) is 11.3 Å². The Kier molecular flexibility index (Phi) is 2.63. The number of halogens is 3. The number of fused-ring (bicyclic) bond motifs is 1. The molecular formula is C9H5Cl3N2O. The van der Waals surface area contributed by atoms with Gasteiger partial charge in [-0.2, -0.15) is 0 Å². The summed E-state index contributed by atoms with van der Waals surface area (Å²) < 4.78 is -1.58. The van der Waals surface area contributed by atoms with Crippen LogP contribution in [0, 0.1) is 0 Å². The van der Waals surface area contributed by atoms with E-state index in [0.717, 1.165) is 5.39 Å². The van der Waals surface area contributed by atoms with E-state index in [4.69, 9.17) is 34.8 Å². The first-order valence-electron chi connectivity index (χ1n) is 4.04. The Hall–Kier alpha value is -0.770. The van der Waals surface area contributed by atoms with Gasteiger partial charge in [-0.25, -0.2) is 4.98 Å². The SMILES string of the molecule is O=c1ccc2ccc(C(Cl)(Cl)Cl)nc2[nH]1. The summed E-state index contributed by atoms with van der Waals surface area (Å²) in [4.78, 5) is 17.7. The molecule has 0 aliphatic heterocycles. The van der Waals surface area contributed by atoms with E-state index in [9.17, 15) is 4.79 Å². The van der Waals surface area contributed by atoms with Crippen molar-refractivity contribution in [2.45, 2.75) is 3.79 Å². The summed E-state index contributed by atoms with van der Waals surface area (Å²) in [6.45, 7) is 0. The van der Waals surface area contributed by atoms with Crippen LogP contribution in [0.4, 0.5) is 0 Å². The third-order valence-corrected chi connectivity index (χ3v) is 2.45. The van der Waals surface area contributed by atoms with Gasteiger partial charge in [-0.1, -0.05) is 34.8 Å². The molecule has 78 valence electrons. The second-order valence-corrected chi connectivity index (χ2v) is 5.24. The molecule has 0 unspecified atom stereocenters. The first kappa shape index (κ1) is 10.7. The lowest BCUT2D eigenvalue weighted by Crippen LogP contribution is -2.08. The molecule has 0 aliphatic rings. The topological polar surface area (TPSA) is 45.8 Å². The number of H-pyrrole nitrogens is 1. The first-order valence-corrected chi connectivity index (χ1v) is 5.17. The molecule has 1 N–H and O–H groups in total. The van der Waals surface area contributed by atoms with E-state index >= 15 is 0 Å². The summed E-state index contributed by atoms with van der Waals surface area (Å²) in [6, 6.07) is 6.41. The molecule has 2 aromatic rings. The Labute approximate surface area is 100.0 Å². The van der Waals surface area contributed by atoms with Crippen LogP contribution in [0.1, 0.15) is 5.69 Å². The molecule has 0 spiro atoms. The number of alkyl halides is 3. The van der Waals surface area contributed by atoms with Crippen molar-refractivity contribution < 1.29 is 0 Å². The zero-order chi connectivity index (χ0) is 11.1. The van der Waals surface area contributed by atoms with Crippen LogP contribution in [0.15, 0.2) is 29.1 Å². The second kappa shape index (κ2) is 3.67. The van der Waals surface area contributed by atoms with Gasteiger partial charge in [0.1, 0.15) is 5.65 Å². The molecule has 0 aliphatic carbocycles. The predicted octanol–water partition coefficient (Wildman–Crippen LogP) is 2.75. The number of aromatic nitrogens is 2. The van der Waals surface area contributed by atoms with Crippen molar-refractivity contribution in [1.29, 1.82) is 0 Å². The number of rotatable bonds is 0. The molecule has 15 heavy (non-hydrogen) atoms. The van der Waals surface area contributed by atoms with Crippen molar-refractivity contribution in [3.63, 3.8) is 0 Å². The Morgan fingerprint density at radius 1 is 1.13 bits per heavy atom. The fourth-order valence-electron chi connectivity index (χ4n) is 1.19. The Morgan fingerprint density at radius 3 is 2.47 bits per heavy atom. The van der Waals surface area contributed by atoms with Crippen molar-refractivity contribution in [2.24, 2.45) is 0 Å². The van der Waals surface area contributed by atoms with Crippen molar-refractivity contribution in [2.75, 3.05) is 0 Å². The lowest BCUT2D eigenvalue weighted by molar-refractivity contribution is 1.09. The molecular weight excluding hydrogens is 258 g/mol. The van der Waals surface area contributed by atoms with Crippen LogP contribution in [0.3, 0.4) is 0 Å². The highest BCUT2D eigenvalue weighted by Crippen LogP contribution is 2.37. The molecule has 2 rings (SSSR count). The standard InChI is InChI=1S/C9H5Cl3N2O/c10-9(11,12)6-3-1-5-2-4-7(15)14-8(5)13-6/h1-4H,(H,13,14,15). The van der Waals surface area contributed by atoms with Gasteiger partial charge in [0.25, 0.3) is 0 Å². The van der Waals surface area contributed by atoms with Crippen LogP contribution in [0.25, 0.3) is 11.0 Å². The van der Waals surface area contributed by atoms with Crippen LogP contribution >= 0.6 is 34.8 Å². The Balaban J connectivity index is 2.70. The van der Waals surface area contributed by atoms with Crippen LogP contribution in [0.2, 0.25) is 0 Å². The normalized spacial score (nSPS) is 11.9. The summed E-state index contributed by atoms with van der Waals surface area (Å²) in [6.07, 6.45) is 0. The van der Waals surface area contributed by atoms with Crippen molar-refractivity contribution in [3.05, 3.63) is 40.3 Å². The third kappa shape index (κ3) is 2.25. The molecule has 0 radical (unpaired) electrons. The van der Waals surface area contributed by atoms with E-state index in [1.807, 2.05) is 0 Å². The number of pyridine rings is 2.